The second kappa shape index (κ2) is 3.10. The van der Waals surface area contributed by atoms with Crippen LogP contribution in [0, 0.1) is 0 Å². The van der Waals surface area contributed by atoms with Crippen LogP contribution in [0.4, 0.5) is 4.79 Å². The lowest BCUT2D eigenvalue weighted by atomic mass is 10.8. The lowest BCUT2D eigenvalue weighted by molar-refractivity contribution is 0.114. The maximum atomic E-state index is 11.2. The van der Waals surface area contributed by atoms with E-state index in [1.165, 1.54) is 24.8 Å². The van der Waals surface area contributed by atoms with E-state index in [0.717, 1.165) is 9.53 Å². The molecule has 0 saturated carbocycles. The van der Waals surface area contributed by atoms with Gasteiger partial charge in [0.2, 0.25) is 0 Å². The molecule has 0 unspecified atom stereocenters. The number of hydrogen-bond donors (Lipinski definition) is 0. The summed E-state index contributed by atoms with van der Waals surface area (Å²) in [7, 11) is 0. The molecule has 2 heterocycles. The van der Waals surface area contributed by atoms with E-state index in [9.17, 15) is 4.79 Å². The summed E-state index contributed by atoms with van der Waals surface area (Å²) >= 11 is 0. The molecule has 0 spiro atoms. The van der Waals surface area contributed by atoms with Gasteiger partial charge in [0.1, 0.15) is 0 Å². The first kappa shape index (κ1) is 7.53. The highest BCUT2D eigenvalue weighted by Gasteiger charge is 2.06. The molecule has 0 atom stereocenters. The normalized spacial score (nSPS) is 9.85. The summed E-state index contributed by atoms with van der Waals surface area (Å²) in [5.74, 6) is 0. The lowest BCUT2D eigenvalue weighted by Crippen LogP contribution is -2.25. The average molecular weight is 178 g/mol. The minimum absolute atomic E-state index is 0.603. The van der Waals surface area contributed by atoms with Crippen LogP contribution in [0.5, 0.6) is 0 Å². The van der Waals surface area contributed by atoms with Crippen LogP contribution in [0.15, 0.2) is 36.9 Å². The van der Waals surface area contributed by atoms with Crippen LogP contribution in [0.3, 0.4) is 0 Å². The summed E-state index contributed by atoms with van der Waals surface area (Å²) < 4.78 is 1.07. The van der Waals surface area contributed by atoms with E-state index in [1.54, 1.807) is 12.1 Å². The predicted octanol–water partition coefficient (Wildman–Crippen LogP) is 0.176. The molecule has 2 aromatic rings. The van der Waals surface area contributed by atoms with Crippen molar-refractivity contribution < 1.29 is 9.63 Å². The van der Waals surface area contributed by atoms with Gasteiger partial charge in [-0.05, 0) is 12.1 Å². The molecule has 2 rings (SSSR count). The molecule has 0 aliphatic heterocycles. The second-order valence-electron chi connectivity index (χ2n) is 2.22. The molecule has 2 aromatic heterocycles. The highest BCUT2D eigenvalue weighted by atomic mass is 16.7. The summed E-state index contributed by atoms with van der Waals surface area (Å²) in [5.41, 5.74) is 0. The number of rotatable bonds is 1. The summed E-state index contributed by atoms with van der Waals surface area (Å²) in [5, 5.41) is 7.40. The smallest absolute Gasteiger partial charge is 0.297 e. The van der Waals surface area contributed by atoms with Crippen LogP contribution in [-0.4, -0.2) is 25.8 Å². The average Bonchev–Trinajstić information content (AvgIpc) is 2.74. The van der Waals surface area contributed by atoms with E-state index in [2.05, 4.69) is 10.2 Å². The monoisotopic (exact) mass is 178 g/mol. The van der Waals surface area contributed by atoms with Gasteiger partial charge in [0.25, 0.3) is 0 Å². The Morgan fingerprint density at radius 2 is 1.92 bits per heavy atom. The van der Waals surface area contributed by atoms with Crippen molar-refractivity contribution in [2.24, 2.45) is 0 Å². The van der Waals surface area contributed by atoms with Gasteiger partial charge >= 0.3 is 6.09 Å². The van der Waals surface area contributed by atoms with E-state index >= 15 is 0 Å². The zero-order chi connectivity index (χ0) is 9.10. The minimum Gasteiger partial charge on any atom is -0.297 e. The zero-order valence-corrected chi connectivity index (χ0v) is 6.57. The van der Waals surface area contributed by atoms with Gasteiger partial charge in [0.15, 0.2) is 0 Å². The maximum absolute atomic E-state index is 11.2. The fourth-order valence-corrected chi connectivity index (χ4v) is 0.807. The van der Waals surface area contributed by atoms with Crippen LogP contribution in [0.1, 0.15) is 0 Å². The summed E-state index contributed by atoms with van der Waals surface area (Å²) in [6, 6.07) is 3.28. The third-order valence-corrected chi connectivity index (χ3v) is 1.34. The molecule has 0 N–H and O–H groups in total. The Morgan fingerprint density at radius 3 is 2.54 bits per heavy atom. The van der Waals surface area contributed by atoms with Gasteiger partial charge < -0.3 is 0 Å². The van der Waals surface area contributed by atoms with Gasteiger partial charge in [-0.25, -0.2) is 4.79 Å². The number of hydrogen-bond acceptors (Lipinski definition) is 4. The first-order valence-corrected chi connectivity index (χ1v) is 3.58. The van der Waals surface area contributed by atoms with Gasteiger partial charge in [-0.1, -0.05) is 4.85 Å². The zero-order valence-electron chi connectivity index (χ0n) is 6.57. The molecular weight excluding hydrogens is 172 g/mol. The molecule has 0 amide bonds. The van der Waals surface area contributed by atoms with Crippen molar-refractivity contribution in [2.75, 3.05) is 0 Å². The van der Waals surface area contributed by atoms with Crippen LogP contribution >= 0.6 is 0 Å². The van der Waals surface area contributed by atoms with Crippen LogP contribution in [0.25, 0.3) is 0 Å². The molecule has 6 nitrogen and oxygen atoms in total. The molecule has 0 aromatic carbocycles. The molecule has 0 radical (unpaired) electrons. The van der Waals surface area contributed by atoms with Gasteiger partial charge in [-0.15, -0.1) is 5.10 Å². The van der Waals surface area contributed by atoms with Crippen molar-refractivity contribution in [1.29, 1.82) is 0 Å². The standard InChI is InChI=1S/C7H6N4O2/c12-7(10-5-1-3-8-10)13-11-6-2-4-9-11/h1-6H. The topological polar surface area (TPSA) is 61.9 Å². The van der Waals surface area contributed by atoms with Gasteiger partial charge in [0, 0.05) is 12.4 Å². The van der Waals surface area contributed by atoms with Crippen molar-refractivity contribution in [1.82, 2.24) is 19.7 Å². The number of nitrogens with zero attached hydrogens (tertiary/aromatic N) is 4. The summed E-state index contributed by atoms with van der Waals surface area (Å²) in [6.45, 7) is 0. The Balaban J connectivity index is 2.08. The van der Waals surface area contributed by atoms with Crippen LogP contribution in [0.2, 0.25) is 0 Å². The second-order valence-corrected chi connectivity index (χ2v) is 2.22. The predicted molar refractivity (Wildman–Crippen MR) is 41.8 cm³/mol. The molecule has 0 saturated heterocycles. The maximum Gasteiger partial charge on any atom is 0.460 e. The molecular formula is C7H6N4O2. The van der Waals surface area contributed by atoms with Gasteiger partial charge in [0.05, 0.1) is 12.4 Å². The fraction of sp³-hybridized carbons (Fsp3) is 0. The Bertz CT molecular complexity index is 379. The SMILES string of the molecule is O=C(On1cccn1)n1cccn1. The molecule has 0 fully saturated rings. The van der Waals surface area contributed by atoms with Gasteiger partial charge in [-0.3, -0.25) is 4.84 Å². The van der Waals surface area contributed by atoms with Crippen molar-refractivity contribution in [2.45, 2.75) is 0 Å². The van der Waals surface area contributed by atoms with Crippen LogP contribution in [-0.2, 0) is 0 Å². The Kier molecular flexibility index (Phi) is 1.79. The van der Waals surface area contributed by atoms with E-state index in [-0.39, 0.29) is 0 Å². The third kappa shape index (κ3) is 1.56. The first-order valence-electron chi connectivity index (χ1n) is 3.58. The molecule has 66 valence electrons. The van der Waals surface area contributed by atoms with E-state index in [4.69, 9.17) is 4.84 Å². The number of carbonyl (C=O) groups excluding carboxylic acids is 1. The first-order chi connectivity index (χ1) is 6.36. The van der Waals surface area contributed by atoms with Crippen LogP contribution < -0.4 is 4.84 Å². The van der Waals surface area contributed by atoms with E-state index in [1.807, 2.05) is 0 Å². The van der Waals surface area contributed by atoms with Crippen molar-refractivity contribution in [3.63, 3.8) is 0 Å². The van der Waals surface area contributed by atoms with Crippen molar-refractivity contribution in [3.05, 3.63) is 36.9 Å². The number of aromatic nitrogens is 4. The summed E-state index contributed by atoms with van der Waals surface area (Å²) in [4.78, 5) is 17.0. The minimum atomic E-state index is -0.603. The van der Waals surface area contributed by atoms with Crippen molar-refractivity contribution in [3.8, 4) is 0 Å². The fourth-order valence-electron chi connectivity index (χ4n) is 0.807. The molecule has 0 aliphatic carbocycles. The molecule has 0 aliphatic rings. The lowest BCUT2D eigenvalue weighted by Gasteiger charge is -2.00. The molecule has 6 heteroatoms. The van der Waals surface area contributed by atoms with Gasteiger partial charge in [-0.2, -0.15) is 9.78 Å². The number of carbonyl (C=O) groups is 1. The van der Waals surface area contributed by atoms with Crippen molar-refractivity contribution >= 4 is 6.09 Å². The van der Waals surface area contributed by atoms with E-state index in [0.29, 0.717) is 0 Å². The highest BCUT2D eigenvalue weighted by Crippen LogP contribution is 1.86. The molecule has 0 bridgehead atoms. The Morgan fingerprint density at radius 1 is 1.15 bits per heavy atom. The molecule has 13 heavy (non-hydrogen) atoms. The summed E-state index contributed by atoms with van der Waals surface area (Å²) in [6.07, 6.45) is 5.40. The Labute approximate surface area is 73.3 Å². The third-order valence-electron chi connectivity index (χ3n) is 1.34. The quantitative estimate of drug-likeness (QED) is 0.624. The highest BCUT2D eigenvalue weighted by molar-refractivity contribution is 5.69. The van der Waals surface area contributed by atoms with E-state index < -0.39 is 6.09 Å². The largest absolute Gasteiger partial charge is 0.460 e. The Hall–Kier alpha value is -2.11.